The SMILES string of the molecule is CCCOC(=O)[C@H]1CCCO1. The molecule has 0 aromatic heterocycles. The van der Waals surface area contributed by atoms with Gasteiger partial charge in [-0.25, -0.2) is 4.79 Å². The average molecular weight is 158 g/mol. The van der Waals surface area contributed by atoms with Crippen molar-refractivity contribution in [2.45, 2.75) is 32.3 Å². The van der Waals surface area contributed by atoms with Gasteiger partial charge in [-0.05, 0) is 19.3 Å². The molecule has 0 aromatic rings. The van der Waals surface area contributed by atoms with Crippen LogP contribution in [0, 0.1) is 0 Å². The van der Waals surface area contributed by atoms with Crippen LogP contribution in [-0.4, -0.2) is 25.3 Å². The van der Waals surface area contributed by atoms with E-state index in [0.29, 0.717) is 13.2 Å². The van der Waals surface area contributed by atoms with Crippen molar-refractivity contribution in [1.82, 2.24) is 0 Å². The number of hydrogen-bond donors (Lipinski definition) is 0. The number of carbonyl (C=O) groups is 1. The molecule has 1 fully saturated rings. The Labute approximate surface area is 66.7 Å². The molecule has 64 valence electrons. The van der Waals surface area contributed by atoms with E-state index in [2.05, 4.69) is 0 Å². The first-order valence-electron chi connectivity index (χ1n) is 4.13. The number of carbonyl (C=O) groups excluding carboxylic acids is 1. The maximum absolute atomic E-state index is 11.1. The highest BCUT2D eigenvalue weighted by molar-refractivity contribution is 5.74. The second-order valence-corrected chi connectivity index (χ2v) is 2.67. The van der Waals surface area contributed by atoms with E-state index in [0.717, 1.165) is 19.3 Å². The lowest BCUT2D eigenvalue weighted by Crippen LogP contribution is -2.22. The van der Waals surface area contributed by atoms with Crippen molar-refractivity contribution in [3.63, 3.8) is 0 Å². The van der Waals surface area contributed by atoms with E-state index in [4.69, 9.17) is 9.47 Å². The van der Waals surface area contributed by atoms with Crippen molar-refractivity contribution in [2.24, 2.45) is 0 Å². The van der Waals surface area contributed by atoms with Crippen molar-refractivity contribution >= 4 is 5.97 Å². The largest absolute Gasteiger partial charge is 0.464 e. The summed E-state index contributed by atoms with van der Waals surface area (Å²) >= 11 is 0. The van der Waals surface area contributed by atoms with E-state index >= 15 is 0 Å². The third-order valence-corrected chi connectivity index (χ3v) is 1.64. The molecule has 0 amide bonds. The van der Waals surface area contributed by atoms with Crippen LogP contribution in [0.5, 0.6) is 0 Å². The van der Waals surface area contributed by atoms with E-state index in [1.807, 2.05) is 6.92 Å². The molecule has 1 heterocycles. The van der Waals surface area contributed by atoms with Crippen LogP contribution < -0.4 is 0 Å². The average Bonchev–Trinajstić information content (AvgIpc) is 2.52. The maximum atomic E-state index is 11.1. The molecule has 0 radical (unpaired) electrons. The first kappa shape index (κ1) is 8.53. The van der Waals surface area contributed by atoms with Crippen LogP contribution in [0.1, 0.15) is 26.2 Å². The number of ether oxygens (including phenoxy) is 2. The fourth-order valence-electron chi connectivity index (χ4n) is 1.06. The van der Waals surface area contributed by atoms with E-state index in [-0.39, 0.29) is 12.1 Å². The Morgan fingerprint density at radius 3 is 3.09 bits per heavy atom. The second-order valence-electron chi connectivity index (χ2n) is 2.67. The summed E-state index contributed by atoms with van der Waals surface area (Å²) in [5, 5.41) is 0. The molecule has 3 nitrogen and oxygen atoms in total. The highest BCUT2D eigenvalue weighted by Gasteiger charge is 2.24. The zero-order valence-electron chi connectivity index (χ0n) is 6.84. The number of rotatable bonds is 3. The summed E-state index contributed by atoms with van der Waals surface area (Å²) in [6.45, 7) is 3.19. The van der Waals surface area contributed by atoms with Gasteiger partial charge in [-0.2, -0.15) is 0 Å². The minimum atomic E-state index is -0.276. The van der Waals surface area contributed by atoms with E-state index in [9.17, 15) is 4.79 Å². The monoisotopic (exact) mass is 158 g/mol. The first-order valence-corrected chi connectivity index (χ1v) is 4.13. The third kappa shape index (κ3) is 2.50. The van der Waals surface area contributed by atoms with Crippen molar-refractivity contribution < 1.29 is 14.3 Å². The first-order chi connectivity index (χ1) is 5.34. The summed E-state index contributed by atoms with van der Waals surface area (Å²) in [7, 11) is 0. The highest BCUT2D eigenvalue weighted by Crippen LogP contribution is 2.13. The molecule has 0 aliphatic carbocycles. The smallest absolute Gasteiger partial charge is 0.335 e. The molecule has 3 heteroatoms. The Bertz CT molecular complexity index is 127. The van der Waals surface area contributed by atoms with Crippen LogP contribution in [0.15, 0.2) is 0 Å². The van der Waals surface area contributed by atoms with Crippen LogP contribution in [0.3, 0.4) is 0 Å². The van der Waals surface area contributed by atoms with Gasteiger partial charge in [0, 0.05) is 6.61 Å². The lowest BCUT2D eigenvalue weighted by Gasteiger charge is -2.07. The van der Waals surface area contributed by atoms with Gasteiger partial charge >= 0.3 is 5.97 Å². The second kappa shape index (κ2) is 4.34. The molecular formula is C8H14O3. The Balaban J connectivity index is 2.17. The van der Waals surface area contributed by atoms with E-state index in [1.165, 1.54) is 0 Å². The van der Waals surface area contributed by atoms with Crippen LogP contribution >= 0.6 is 0 Å². The van der Waals surface area contributed by atoms with E-state index in [1.54, 1.807) is 0 Å². The van der Waals surface area contributed by atoms with Gasteiger partial charge in [-0.1, -0.05) is 6.92 Å². The Kier molecular flexibility index (Phi) is 3.36. The third-order valence-electron chi connectivity index (χ3n) is 1.64. The molecule has 0 saturated carbocycles. The minimum absolute atomic E-state index is 0.190. The topological polar surface area (TPSA) is 35.5 Å². The lowest BCUT2D eigenvalue weighted by molar-refractivity contribution is -0.154. The van der Waals surface area contributed by atoms with Gasteiger partial charge < -0.3 is 9.47 Å². The summed E-state index contributed by atoms with van der Waals surface area (Å²) in [4.78, 5) is 11.1. The zero-order chi connectivity index (χ0) is 8.10. The van der Waals surface area contributed by atoms with Crippen LogP contribution in [0.2, 0.25) is 0 Å². The van der Waals surface area contributed by atoms with Gasteiger partial charge in [0.25, 0.3) is 0 Å². The summed E-state index contributed by atoms with van der Waals surface area (Å²) in [6.07, 6.45) is 2.40. The van der Waals surface area contributed by atoms with Crippen molar-refractivity contribution in [1.29, 1.82) is 0 Å². The molecule has 0 N–H and O–H groups in total. The van der Waals surface area contributed by atoms with Gasteiger partial charge in [0.15, 0.2) is 6.10 Å². The quantitative estimate of drug-likeness (QED) is 0.577. The number of esters is 1. The standard InChI is InChI=1S/C8H14O3/c1-2-5-11-8(9)7-4-3-6-10-7/h7H,2-6H2,1H3/t7-/m1/s1. The fourth-order valence-corrected chi connectivity index (χ4v) is 1.06. The van der Waals surface area contributed by atoms with Gasteiger partial charge in [0.2, 0.25) is 0 Å². The molecule has 1 aliphatic rings. The molecule has 1 aliphatic heterocycles. The van der Waals surface area contributed by atoms with Crippen LogP contribution in [0.4, 0.5) is 0 Å². The molecule has 0 spiro atoms. The lowest BCUT2D eigenvalue weighted by atomic mass is 10.2. The Morgan fingerprint density at radius 2 is 2.55 bits per heavy atom. The molecule has 1 saturated heterocycles. The fraction of sp³-hybridized carbons (Fsp3) is 0.875. The molecule has 1 atom stereocenters. The molecule has 1 rings (SSSR count). The Hall–Kier alpha value is -0.570. The molecule has 0 aromatic carbocycles. The summed E-state index contributed by atoms with van der Waals surface area (Å²) < 4.78 is 10.0. The van der Waals surface area contributed by atoms with Gasteiger partial charge in [0.1, 0.15) is 0 Å². The predicted molar refractivity (Wildman–Crippen MR) is 40.2 cm³/mol. The van der Waals surface area contributed by atoms with Gasteiger partial charge in [0.05, 0.1) is 6.61 Å². The maximum Gasteiger partial charge on any atom is 0.335 e. The van der Waals surface area contributed by atoms with Crippen molar-refractivity contribution in [3.05, 3.63) is 0 Å². The zero-order valence-corrected chi connectivity index (χ0v) is 6.84. The van der Waals surface area contributed by atoms with Crippen LogP contribution in [-0.2, 0) is 14.3 Å². The number of hydrogen-bond acceptors (Lipinski definition) is 3. The van der Waals surface area contributed by atoms with Gasteiger partial charge in [-0.3, -0.25) is 0 Å². The molecule has 0 unspecified atom stereocenters. The summed E-state index contributed by atoms with van der Waals surface area (Å²) in [5.41, 5.74) is 0. The normalized spacial score (nSPS) is 23.5. The summed E-state index contributed by atoms with van der Waals surface area (Å²) in [5.74, 6) is -0.190. The van der Waals surface area contributed by atoms with Crippen molar-refractivity contribution in [3.8, 4) is 0 Å². The molecule has 11 heavy (non-hydrogen) atoms. The van der Waals surface area contributed by atoms with Gasteiger partial charge in [-0.15, -0.1) is 0 Å². The highest BCUT2D eigenvalue weighted by atomic mass is 16.6. The molecule has 0 bridgehead atoms. The van der Waals surface area contributed by atoms with Crippen molar-refractivity contribution in [2.75, 3.05) is 13.2 Å². The van der Waals surface area contributed by atoms with E-state index < -0.39 is 0 Å². The summed E-state index contributed by atoms with van der Waals surface area (Å²) in [6, 6.07) is 0. The molecular weight excluding hydrogens is 144 g/mol. The predicted octanol–water partition coefficient (Wildman–Crippen LogP) is 1.12. The Morgan fingerprint density at radius 1 is 1.73 bits per heavy atom. The van der Waals surface area contributed by atoms with Crippen LogP contribution in [0.25, 0.3) is 0 Å². The minimum Gasteiger partial charge on any atom is -0.464 e.